The second-order valence-corrected chi connectivity index (χ2v) is 5.16. The highest BCUT2D eigenvalue weighted by Crippen LogP contribution is 2.23. The number of likely N-dealkylation sites (tertiary alicyclic amines) is 1. The van der Waals surface area contributed by atoms with E-state index >= 15 is 0 Å². The smallest absolute Gasteiger partial charge is 0.222 e. The molecule has 0 bridgehead atoms. The van der Waals surface area contributed by atoms with Crippen molar-refractivity contribution in [3.8, 4) is 0 Å². The first kappa shape index (κ1) is 11.9. The summed E-state index contributed by atoms with van der Waals surface area (Å²) in [4.78, 5) is 14.1. The second kappa shape index (κ2) is 5.67. The van der Waals surface area contributed by atoms with Crippen molar-refractivity contribution in [3.63, 3.8) is 0 Å². The molecule has 2 fully saturated rings. The third kappa shape index (κ3) is 2.97. The lowest BCUT2D eigenvalue weighted by atomic mass is 9.96. The quantitative estimate of drug-likeness (QED) is 0.736. The number of hydrogen-bond acceptors (Lipinski definition) is 2. The lowest BCUT2D eigenvalue weighted by Gasteiger charge is -2.24. The number of carbonyl (C=O) groups is 1. The maximum absolute atomic E-state index is 12.1. The van der Waals surface area contributed by atoms with Crippen LogP contribution in [0.25, 0.3) is 0 Å². The highest BCUT2D eigenvalue weighted by atomic mass is 16.5. The molecule has 2 rings (SSSR count). The van der Waals surface area contributed by atoms with Crippen LogP contribution in [0.3, 0.4) is 0 Å². The van der Waals surface area contributed by atoms with Crippen LogP contribution >= 0.6 is 0 Å². The van der Waals surface area contributed by atoms with Gasteiger partial charge in [-0.25, -0.2) is 0 Å². The normalized spacial score (nSPS) is 27.3. The fraction of sp³-hybridized carbons (Fsp3) is 0.923. The Balaban J connectivity index is 1.75. The third-order valence-electron chi connectivity index (χ3n) is 4.02. The Hall–Kier alpha value is -0.570. The van der Waals surface area contributed by atoms with E-state index in [1.807, 2.05) is 0 Å². The van der Waals surface area contributed by atoms with Crippen LogP contribution in [0.2, 0.25) is 0 Å². The minimum absolute atomic E-state index is 0.378. The van der Waals surface area contributed by atoms with Crippen LogP contribution in [0.15, 0.2) is 0 Å². The minimum atomic E-state index is 0.378. The Morgan fingerprint density at radius 1 is 1.25 bits per heavy atom. The molecular weight excluding hydrogens is 202 g/mol. The van der Waals surface area contributed by atoms with E-state index in [4.69, 9.17) is 4.74 Å². The lowest BCUT2D eigenvalue weighted by Crippen LogP contribution is -2.31. The number of amides is 1. The first-order valence-corrected chi connectivity index (χ1v) is 6.65. The summed E-state index contributed by atoms with van der Waals surface area (Å²) < 4.78 is 5.32. The summed E-state index contributed by atoms with van der Waals surface area (Å²) in [5, 5.41) is 0. The van der Waals surface area contributed by atoms with Gasteiger partial charge in [-0.05, 0) is 31.1 Å². The largest absolute Gasteiger partial charge is 0.381 e. The number of rotatable bonds is 3. The van der Waals surface area contributed by atoms with Crippen molar-refractivity contribution in [2.24, 2.45) is 11.8 Å². The van der Waals surface area contributed by atoms with Gasteiger partial charge in [-0.3, -0.25) is 4.79 Å². The lowest BCUT2D eigenvalue weighted by molar-refractivity contribution is -0.132. The molecule has 0 aromatic heterocycles. The second-order valence-electron chi connectivity index (χ2n) is 5.16. The van der Waals surface area contributed by atoms with Crippen molar-refractivity contribution in [3.05, 3.63) is 0 Å². The van der Waals surface area contributed by atoms with Crippen molar-refractivity contribution in [2.45, 2.75) is 39.0 Å². The van der Waals surface area contributed by atoms with Gasteiger partial charge in [0.15, 0.2) is 0 Å². The van der Waals surface area contributed by atoms with Gasteiger partial charge in [0.25, 0.3) is 0 Å². The van der Waals surface area contributed by atoms with Gasteiger partial charge in [0.05, 0.1) is 0 Å². The molecule has 0 aromatic carbocycles. The van der Waals surface area contributed by atoms with Crippen molar-refractivity contribution in [2.75, 3.05) is 26.3 Å². The molecule has 0 spiro atoms. The maximum atomic E-state index is 12.1. The number of carbonyl (C=O) groups excluding carboxylic acids is 1. The van der Waals surface area contributed by atoms with E-state index in [9.17, 15) is 4.79 Å². The highest BCUT2D eigenvalue weighted by Gasteiger charge is 2.27. The van der Waals surface area contributed by atoms with Crippen molar-refractivity contribution in [1.29, 1.82) is 0 Å². The van der Waals surface area contributed by atoms with Gasteiger partial charge >= 0.3 is 0 Å². The third-order valence-corrected chi connectivity index (χ3v) is 4.02. The van der Waals surface area contributed by atoms with Gasteiger partial charge in [-0.2, -0.15) is 0 Å². The van der Waals surface area contributed by atoms with E-state index in [1.165, 1.54) is 12.8 Å². The molecule has 2 aliphatic heterocycles. The molecule has 3 heteroatoms. The first-order chi connectivity index (χ1) is 7.79. The number of hydrogen-bond donors (Lipinski definition) is 0. The van der Waals surface area contributed by atoms with Crippen LogP contribution in [0.1, 0.15) is 39.0 Å². The fourth-order valence-electron chi connectivity index (χ4n) is 2.72. The number of nitrogens with zero attached hydrogens (tertiary/aromatic N) is 1. The zero-order chi connectivity index (χ0) is 11.4. The summed E-state index contributed by atoms with van der Waals surface area (Å²) >= 11 is 0. The minimum Gasteiger partial charge on any atom is -0.381 e. The van der Waals surface area contributed by atoms with Crippen molar-refractivity contribution < 1.29 is 9.53 Å². The van der Waals surface area contributed by atoms with Gasteiger partial charge in [0.2, 0.25) is 5.91 Å². The molecule has 0 radical (unpaired) electrons. The molecule has 2 heterocycles. The maximum Gasteiger partial charge on any atom is 0.222 e. The fourth-order valence-corrected chi connectivity index (χ4v) is 2.72. The van der Waals surface area contributed by atoms with E-state index in [0.29, 0.717) is 11.8 Å². The van der Waals surface area contributed by atoms with Gasteiger partial charge in [-0.1, -0.05) is 13.3 Å². The zero-order valence-corrected chi connectivity index (χ0v) is 10.3. The Kier molecular flexibility index (Phi) is 4.22. The summed E-state index contributed by atoms with van der Waals surface area (Å²) in [6.45, 7) is 5.89. The highest BCUT2D eigenvalue weighted by molar-refractivity contribution is 5.76. The van der Waals surface area contributed by atoms with Crippen LogP contribution < -0.4 is 0 Å². The summed E-state index contributed by atoms with van der Waals surface area (Å²) in [6.07, 6.45) is 5.30. The van der Waals surface area contributed by atoms with Crippen molar-refractivity contribution >= 4 is 5.91 Å². The SMILES string of the molecule is CC[C@H]1CCN(C(=O)CC2CCOCC2)C1. The molecule has 0 aromatic rings. The summed E-state index contributed by atoms with van der Waals surface area (Å²) in [5.41, 5.74) is 0. The van der Waals surface area contributed by atoms with Crippen LogP contribution in [-0.4, -0.2) is 37.1 Å². The molecule has 0 unspecified atom stereocenters. The van der Waals surface area contributed by atoms with Gasteiger partial charge in [0.1, 0.15) is 0 Å². The molecule has 0 saturated carbocycles. The number of ether oxygens (including phenoxy) is 1. The standard InChI is InChI=1S/C13H23NO2/c1-2-11-3-6-14(10-11)13(15)9-12-4-7-16-8-5-12/h11-12H,2-10H2,1H3/t11-/m0/s1. The van der Waals surface area contributed by atoms with Gasteiger partial charge in [0, 0.05) is 32.7 Å². The van der Waals surface area contributed by atoms with Crippen molar-refractivity contribution in [1.82, 2.24) is 4.90 Å². The van der Waals surface area contributed by atoms with E-state index in [1.54, 1.807) is 0 Å². The Morgan fingerprint density at radius 2 is 2.00 bits per heavy atom. The van der Waals surface area contributed by atoms with Gasteiger partial charge in [-0.15, -0.1) is 0 Å². The van der Waals surface area contributed by atoms with Crippen LogP contribution in [0.4, 0.5) is 0 Å². The molecule has 3 nitrogen and oxygen atoms in total. The Morgan fingerprint density at radius 3 is 2.62 bits per heavy atom. The summed E-state index contributed by atoms with van der Waals surface area (Å²) in [6, 6.07) is 0. The van der Waals surface area contributed by atoms with Gasteiger partial charge < -0.3 is 9.64 Å². The summed E-state index contributed by atoms with van der Waals surface area (Å²) in [5.74, 6) is 1.70. The molecule has 2 saturated heterocycles. The monoisotopic (exact) mass is 225 g/mol. The molecule has 1 atom stereocenters. The Bertz CT molecular complexity index is 236. The molecule has 16 heavy (non-hydrogen) atoms. The average Bonchev–Trinajstić information content (AvgIpc) is 2.79. The Labute approximate surface area is 98.1 Å². The van der Waals surface area contributed by atoms with E-state index in [0.717, 1.165) is 51.5 Å². The van der Waals surface area contributed by atoms with Crippen LogP contribution in [0, 0.1) is 11.8 Å². The first-order valence-electron chi connectivity index (χ1n) is 6.65. The van der Waals surface area contributed by atoms with Crippen LogP contribution in [0.5, 0.6) is 0 Å². The average molecular weight is 225 g/mol. The molecule has 1 amide bonds. The predicted octanol–water partition coefficient (Wildman–Crippen LogP) is 2.06. The van der Waals surface area contributed by atoms with E-state index in [2.05, 4.69) is 11.8 Å². The molecular formula is C13H23NO2. The molecule has 0 N–H and O–H groups in total. The molecule has 0 aliphatic carbocycles. The van der Waals surface area contributed by atoms with E-state index < -0.39 is 0 Å². The summed E-state index contributed by atoms with van der Waals surface area (Å²) in [7, 11) is 0. The molecule has 92 valence electrons. The topological polar surface area (TPSA) is 29.5 Å². The predicted molar refractivity (Wildman–Crippen MR) is 63.1 cm³/mol. The zero-order valence-electron chi connectivity index (χ0n) is 10.3. The van der Waals surface area contributed by atoms with Crippen LogP contribution in [-0.2, 0) is 9.53 Å². The van der Waals surface area contributed by atoms with E-state index in [-0.39, 0.29) is 0 Å². The molecule has 2 aliphatic rings.